The fraction of sp³-hybridized carbons (Fsp3) is 0.467. The van der Waals surface area contributed by atoms with E-state index in [1.165, 1.54) is 57.4 Å². The molecule has 1 saturated carbocycles. The van der Waals surface area contributed by atoms with Gasteiger partial charge in [-0.1, -0.05) is 88.6 Å². The second kappa shape index (κ2) is 11.3. The summed E-state index contributed by atoms with van der Waals surface area (Å²) in [7, 11) is 0. The van der Waals surface area contributed by atoms with Crippen molar-refractivity contribution in [2.75, 3.05) is 0 Å². The van der Waals surface area contributed by atoms with Crippen LogP contribution in [0.1, 0.15) is 75.8 Å². The topological polar surface area (TPSA) is 0 Å². The van der Waals surface area contributed by atoms with Crippen molar-refractivity contribution >= 4 is 10.8 Å². The maximum Gasteiger partial charge on any atom is 0.422 e. The first-order chi connectivity index (χ1) is 17.2. The molecule has 194 valence electrons. The van der Waals surface area contributed by atoms with Crippen LogP contribution in [0.3, 0.4) is 0 Å². The molecule has 0 spiro atoms. The Morgan fingerprint density at radius 1 is 0.778 bits per heavy atom. The van der Waals surface area contributed by atoms with Crippen molar-refractivity contribution in [2.45, 2.75) is 77.3 Å². The molecule has 3 aromatic rings. The second-order valence-corrected chi connectivity index (χ2v) is 10.2. The summed E-state index contributed by atoms with van der Waals surface area (Å²) in [6.07, 6.45) is 7.26. The van der Waals surface area contributed by atoms with E-state index >= 15 is 4.39 Å². The zero-order valence-electron chi connectivity index (χ0n) is 20.5. The molecule has 3 aromatic carbocycles. The van der Waals surface area contributed by atoms with Crippen LogP contribution in [-0.2, 0) is 12.6 Å². The first-order valence-electron chi connectivity index (χ1n) is 12.9. The number of hydrogen-bond donors (Lipinski definition) is 0. The molecule has 0 amide bonds. The zero-order valence-corrected chi connectivity index (χ0v) is 20.5. The molecule has 1 fully saturated rings. The number of alkyl halides is 3. The monoisotopic (exact) mass is 506 g/mol. The highest BCUT2D eigenvalue weighted by atomic mass is 19.4. The Morgan fingerprint density at radius 3 is 2.03 bits per heavy atom. The molecule has 1 aliphatic rings. The van der Waals surface area contributed by atoms with Gasteiger partial charge in [0.1, 0.15) is 23.0 Å². The normalized spacial score (nSPS) is 18.6. The van der Waals surface area contributed by atoms with Crippen LogP contribution in [-0.4, -0.2) is 0 Å². The van der Waals surface area contributed by atoms with Crippen molar-refractivity contribution in [1.82, 2.24) is 0 Å². The lowest BCUT2D eigenvalue weighted by atomic mass is 9.77. The molecular formula is C30H32F6. The smallest absolute Gasteiger partial charge is 0.206 e. The third-order valence-corrected chi connectivity index (χ3v) is 7.68. The molecule has 4 rings (SSSR count). The Morgan fingerprint density at radius 2 is 1.42 bits per heavy atom. The van der Waals surface area contributed by atoms with Crippen molar-refractivity contribution < 1.29 is 26.3 Å². The van der Waals surface area contributed by atoms with Gasteiger partial charge in [-0.05, 0) is 53.3 Å². The Labute approximate surface area is 208 Å². The highest BCUT2D eigenvalue weighted by molar-refractivity contribution is 5.88. The van der Waals surface area contributed by atoms with Gasteiger partial charge in [-0.15, -0.1) is 0 Å². The van der Waals surface area contributed by atoms with Gasteiger partial charge in [-0.2, -0.15) is 13.2 Å². The first-order valence-corrected chi connectivity index (χ1v) is 12.9. The first kappa shape index (κ1) is 26.6. The maximum absolute atomic E-state index is 15.2. The Balaban J connectivity index is 1.44. The highest BCUT2D eigenvalue weighted by Crippen LogP contribution is 2.38. The van der Waals surface area contributed by atoms with Crippen molar-refractivity contribution in [2.24, 2.45) is 11.8 Å². The van der Waals surface area contributed by atoms with Gasteiger partial charge in [0, 0.05) is 10.9 Å². The molecule has 0 radical (unpaired) electrons. The van der Waals surface area contributed by atoms with Crippen LogP contribution >= 0.6 is 0 Å². The standard InChI is InChI=1S/C30H32F6/c1-2-3-4-5-19-6-8-20(9-7-19)10-11-21-12-14-24-22(16-21)13-15-25(29(24)33)23-17-26(31)28(27(32)18-23)30(34,35)36/h12-20H,2-11H2,1H3/t19-,20-. The fourth-order valence-electron chi connectivity index (χ4n) is 5.58. The van der Waals surface area contributed by atoms with Gasteiger partial charge in [0.05, 0.1) is 0 Å². The van der Waals surface area contributed by atoms with Crippen LogP contribution in [0.5, 0.6) is 0 Å². The van der Waals surface area contributed by atoms with E-state index < -0.39 is 29.2 Å². The average molecular weight is 507 g/mol. The fourth-order valence-corrected chi connectivity index (χ4v) is 5.58. The molecule has 0 atom stereocenters. The van der Waals surface area contributed by atoms with Crippen LogP contribution in [0.4, 0.5) is 26.3 Å². The largest absolute Gasteiger partial charge is 0.422 e. The summed E-state index contributed by atoms with van der Waals surface area (Å²) in [5.74, 6) is -2.65. The van der Waals surface area contributed by atoms with E-state index in [1.807, 2.05) is 12.1 Å². The lowest BCUT2D eigenvalue weighted by Gasteiger charge is -2.28. The van der Waals surface area contributed by atoms with Crippen LogP contribution in [0, 0.1) is 29.3 Å². The van der Waals surface area contributed by atoms with Crippen molar-refractivity contribution in [3.63, 3.8) is 0 Å². The molecule has 1 aliphatic carbocycles. The summed E-state index contributed by atoms with van der Waals surface area (Å²) >= 11 is 0. The van der Waals surface area contributed by atoms with E-state index in [0.717, 1.165) is 24.3 Å². The van der Waals surface area contributed by atoms with Gasteiger partial charge < -0.3 is 0 Å². The van der Waals surface area contributed by atoms with E-state index in [-0.39, 0.29) is 16.5 Å². The molecule has 0 N–H and O–H groups in total. The number of fused-ring (bicyclic) bond motifs is 1. The van der Waals surface area contributed by atoms with E-state index in [1.54, 1.807) is 12.1 Å². The highest BCUT2D eigenvalue weighted by Gasteiger charge is 2.38. The molecule has 0 unspecified atom stereocenters. The summed E-state index contributed by atoms with van der Waals surface area (Å²) in [6.45, 7) is 2.23. The second-order valence-electron chi connectivity index (χ2n) is 10.2. The number of unbranched alkanes of at least 4 members (excludes halogenated alkanes) is 2. The minimum atomic E-state index is -5.17. The van der Waals surface area contributed by atoms with Crippen LogP contribution in [0.15, 0.2) is 42.5 Å². The quantitative estimate of drug-likeness (QED) is 0.211. The van der Waals surface area contributed by atoms with Gasteiger partial charge in [-0.25, -0.2) is 13.2 Å². The molecule has 36 heavy (non-hydrogen) atoms. The average Bonchev–Trinajstić information content (AvgIpc) is 2.82. The molecule has 0 saturated heterocycles. The SMILES string of the molecule is CCCCC[C@H]1CC[C@H](CCc2ccc3c(F)c(-c4cc(F)c(C(F)(F)F)c(F)c4)ccc3c2)CC1. The summed E-state index contributed by atoms with van der Waals surface area (Å²) in [5, 5.41) is 0.922. The van der Waals surface area contributed by atoms with E-state index in [9.17, 15) is 22.0 Å². The van der Waals surface area contributed by atoms with E-state index in [0.29, 0.717) is 23.4 Å². The molecule has 0 nitrogen and oxygen atoms in total. The third-order valence-electron chi connectivity index (χ3n) is 7.68. The number of benzene rings is 3. The van der Waals surface area contributed by atoms with Crippen LogP contribution in [0.2, 0.25) is 0 Å². The number of hydrogen-bond acceptors (Lipinski definition) is 0. The summed E-state index contributed by atoms with van der Waals surface area (Å²) in [5.41, 5.74) is -1.28. The zero-order chi connectivity index (χ0) is 25.9. The molecule has 0 aromatic heterocycles. The van der Waals surface area contributed by atoms with Crippen molar-refractivity contribution in [1.29, 1.82) is 0 Å². The predicted octanol–water partition coefficient (Wildman–Crippen LogP) is 10.3. The summed E-state index contributed by atoms with van der Waals surface area (Å²) < 4.78 is 81.9. The molecule has 0 bridgehead atoms. The Hall–Kier alpha value is -2.50. The molecular weight excluding hydrogens is 474 g/mol. The van der Waals surface area contributed by atoms with Gasteiger partial charge in [0.25, 0.3) is 0 Å². The molecule has 0 aliphatic heterocycles. The lowest BCUT2D eigenvalue weighted by Crippen LogP contribution is -2.15. The minimum absolute atomic E-state index is 0.141. The third kappa shape index (κ3) is 6.07. The molecule has 0 heterocycles. The number of aryl methyl sites for hydroxylation is 1. The van der Waals surface area contributed by atoms with Gasteiger partial charge in [0.2, 0.25) is 0 Å². The van der Waals surface area contributed by atoms with Crippen molar-refractivity contribution in [3.8, 4) is 11.1 Å². The van der Waals surface area contributed by atoms with E-state index in [4.69, 9.17) is 0 Å². The van der Waals surface area contributed by atoms with Gasteiger partial charge in [0.15, 0.2) is 0 Å². The molecule has 6 heteroatoms. The number of halogens is 6. The summed E-state index contributed by atoms with van der Waals surface area (Å²) in [6, 6.07) is 9.50. The van der Waals surface area contributed by atoms with Crippen LogP contribution < -0.4 is 0 Å². The van der Waals surface area contributed by atoms with Crippen molar-refractivity contribution in [3.05, 3.63) is 71.0 Å². The minimum Gasteiger partial charge on any atom is -0.206 e. The Bertz CT molecular complexity index is 1160. The van der Waals surface area contributed by atoms with Crippen LogP contribution in [0.25, 0.3) is 21.9 Å². The number of rotatable bonds is 8. The van der Waals surface area contributed by atoms with Gasteiger partial charge >= 0.3 is 6.18 Å². The van der Waals surface area contributed by atoms with Gasteiger partial charge in [-0.3, -0.25) is 0 Å². The van der Waals surface area contributed by atoms with E-state index in [2.05, 4.69) is 6.92 Å². The lowest BCUT2D eigenvalue weighted by molar-refractivity contribution is -0.142. The summed E-state index contributed by atoms with van der Waals surface area (Å²) in [4.78, 5) is 0. The maximum atomic E-state index is 15.2. The predicted molar refractivity (Wildman–Crippen MR) is 132 cm³/mol. The Kier molecular flexibility index (Phi) is 8.31.